The molecule has 1 fully saturated rings. The Morgan fingerprint density at radius 1 is 1.56 bits per heavy atom. The van der Waals surface area contributed by atoms with Gasteiger partial charge in [-0.05, 0) is 0 Å². The highest BCUT2D eigenvalue weighted by molar-refractivity contribution is 5.66. The van der Waals surface area contributed by atoms with Crippen molar-refractivity contribution in [1.29, 1.82) is 0 Å². The van der Waals surface area contributed by atoms with Gasteiger partial charge in [0.15, 0.2) is 0 Å². The fraction of sp³-hybridized carbons (Fsp3) is 0.750. The van der Waals surface area contributed by atoms with Crippen LogP contribution in [-0.4, -0.2) is 35.1 Å². The van der Waals surface area contributed by atoms with Crippen molar-refractivity contribution in [2.75, 3.05) is 13.1 Å². The van der Waals surface area contributed by atoms with E-state index in [0.717, 1.165) is 0 Å². The second kappa shape index (κ2) is 1.55. The van der Waals surface area contributed by atoms with Crippen LogP contribution >= 0.6 is 0 Å². The van der Waals surface area contributed by atoms with Crippen LogP contribution in [0.1, 0.15) is 0 Å². The van der Waals surface area contributed by atoms with E-state index >= 15 is 0 Å². The molecule has 0 spiro atoms. The molecule has 1 amide bonds. The summed E-state index contributed by atoms with van der Waals surface area (Å²) < 4.78 is 23.7. The summed E-state index contributed by atoms with van der Waals surface area (Å²) in [5.41, 5.74) is 0. The van der Waals surface area contributed by atoms with Gasteiger partial charge >= 0.3 is 6.09 Å². The first-order valence-corrected chi connectivity index (χ1v) is 2.37. The second-order valence-corrected chi connectivity index (χ2v) is 1.99. The Balaban J connectivity index is 2.35. The third-order valence-corrected chi connectivity index (χ3v) is 1.11. The van der Waals surface area contributed by atoms with Gasteiger partial charge in [-0.15, -0.1) is 0 Å². The molecular weight excluding hydrogens is 132 g/mol. The molecule has 1 aliphatic heterocycles. The van der Waals surface area contributed by atoms with Crippen LogP contribution in [0.15, 0.2) is 0 Å². The maximum Gasteiger partial charge on any atom is 0.407 e. The number of rotatable bonds is 0. The molecule has 0 aromatic rings. The molecule has 1 heterocycles. The summed E-state index contributed by atoms with van der Waals surface area (Å²) in [6.07, 6.45) is -1.28. The number of nitrogens with zero attached hydrogens (tertiary/aromatic N) is 1. The zero-order chi connectivity index (χ0) is 7.07. The lowest BCUT2D eigenvalue weighted by Gasteiger charge is -2.36. The van der Waals surface area contributed by atoms with Gasteiger partial charge in [-0.2, -0.15) is 0 Å². The lowest BCUT2D eigenvalue weighted by atomic mass is 10.2. The third-order valence-electron chi connectivity index (χ3n) is 1.11. The number of likely N-dealkylation sites (tertiary alicyclic amines) is 1. The van der Waals surface area contributed by atoms with Crippen molar-refractivity contribution in [2.24, 2.45) is 0 Å². The summed E-state index contributed by atoms with van der Waals surface area (Å²) in [7, 11) is 0. The predicted molar refractivity (Wildman–Crippen MR) is 24.5 cm³/mol. The molecule has 0 unspecified atom stereocenters. The molecule has 5 heteroatoms. The molecule has 0 saturated carbocycles. The second-order valence-electron chi connectivity index (χ2n) is 1.99. The van der Waals surface area contributed by atoms with Crippen molar-refractivity contribution in [1.82, 2.24) is 4.90 Å². The molecule has 0 aliphatic carbocycles. The van der Waals surface area contributed by atoms with Gasteiger partial charge in [0.1, 0.15) is 0 Å². The monoisotopic (exact) mass is 137 g/mol. The van der Waals surface area contributed by atoms with Crippen LogP contribution in [0, 0.1) is 0 Å². The van der Waals surface area contributed by atoms with E-state index in [1.807, 2.05) is 0 Å². The van der Waals surface area contributed by atoms with E-state index in [1.54, 1.807) is 0 Å². The van der Waals surface area contributed by atoms with Crippen molar-refractivity contribution in [3.05, 3.63) is 0 Å². The molecule has 0 aromatic heterocycles. The first-order valence-electron chi connectivity index (χ1n) is 2.37. The smallest absolute Gasteiger partial charge is 0.407 e. The number of hydrogen-bond donors (Lipinski definition) is 1. The SMILES string of the molecule is O=C(O)N1CC(F)(F)C1. The number of halogens is 2. The Kier molecular flexibility index (Phi) is 1.08. The molecule has 1 saturated heterocycles. The quantitative estimate of drug-likeness (QED) is 0.531. The predicted octanol–water partition coefficient (Wildman–Crippen LogP) is 0.615. The summed E-state index contributed by atoms with van der Waals surface area (Å²) in [5, 5.41) is 8.06. The molecule has 1 N–H and O–H groups in total. The highest BCUT2D eigenvalue weighted by atomic mass is 19.3. The maximum atomic E-state index is 11.8. The topological polar surface area (TPSA) is 40.5 Å². The van der Waals surface area contributed by atoms with Crippen LogP contribution < -0.4 is 0 Å². The Labute approximate surface area is 49.9 Å². The minimum Gasteiger partial charge on any atom is -0.465 e. The maximum absolute atomic E-state index is 11.8. The van der Waals surface area contributed by atoms with Crippen molar-refractivity contribution in [3.63, 3.8) is 0 Å². The first-order chi connectivity index (χ1) is 4.01. The largest absolute Gasteiger partial charge is 0.465 e. The van der Waals surface area contributed by atoms with Gasteiger partial charge in [0.25, 0.3) is 5.92 Å². The standard InChI is InChI=1S/C4H5F2NO2/c5-4(6)1-7(2-4)3(8)9/h1-2H2,(H,8,9). The summed E-state index contributed by atoms with van der Waals surface area (Å²) >= 11 is 0. The van der Waals surface area contributed by atoms with Crippen molar-refractivity contribution in [3.8, 4) is 0 Å². The summed E-state index contributed by atoms with van der Waals surface area (Å²) in [6, 6.07) is 0. The molecule has 52 valence electrons. The van der Waals surface area contributed by atoms with E-state index in [2.05, 4.69) is 0 Å². The number of amides is 1. The molecule has 0 radical (unpaired) electrons. The van der Waals surface area contributed by atoms with Crippen LogP contribution in [0.3, 0.4) is 0 Å². The number of carboxylic acid groups (broad SMARTS) is 1. The van der Waals surface area contributed by atoms with E-state index in [4.69, 9.17) is 5.11 Å². The Morgan fingerprint density at radius 2 is 2.00 bits per heavy atom. The van der Waals surface area contributed by atoms with Crippen LogP contribution in [-0.2, 0) is 0 Å². The van der Waals surface area contributed by atoms with Gasteiger partial charge in [-0.3, -0.25) is 4.90 Å². The molecule has 0 atom stereocenters. The Bertz CT molecular complexity index is 140. The zero-order valence-corrected chi connectivity index (χ0v) is 4.47. The summed E-state index contributed by atoms with van der Waals surface area (Å²) in [5.74, 6) is -2.78. The molecule has 0 aromatic carbocycles. The average Bonchev–Trinajstić information content (AvgIpc) is 1.59. The van der Waals surface area contributed by atoms with E-state index in [0.29, 0.717) is 4.90 Å². The van der Waals surface area contributed by atoms with Crippen LogP contribution in [0.2, 0.25) is 0 Å². The molecule has 0 bridgehead atoms. The summed E-state index contributed by atoms with van der Waals surface area (Å²) in [4.78, 5) is 10.5. The lowest BCUT2D eigenvalue weighted by Crippen LogP contribution is -2.57. The van der Waals surface area contributed by atoms with E-state index in [-0.39, 0.29) is 0 Å². The lowest BCUT2D eigenvalue weighted by molar-refractivity contribution is -0.116. The van der Waals surface area contributed by atoms with Crippen molar-refractivity contribution in [2.45, 2.75) is 5.92 Å². The van der Waals surface area contributed by atoms with E-state index < -0.39 is 25.1 Å². The highest BCUT2D eigenvalue weighted by Crippen LogP contribution is 2.25. The Hall–Kier alpha value is -0.870. The van der Waals surface area contributed by atoms with E-state index in [1.165, 1.54) is 0 Å². The van der Waals surface area contributed by atoms with E-state index in [9.17, 15) is 13.6 Å². The number of hydrogen-bond acceptors (Lipinski definition) is 1. The van der Waals surface area contributed by atoms with Crippen LogP contribution in [0.25, 0.3) is 0 Å². The normalized spacial score (nSPS) is 23.1. The fourth-order valence-corrected chi connectivity index (χ4v) is 0.647. The van der Waals surface area contributed by atoms with Gasteiger partial charge in [0.05, 0.1) is 13.1 Å². The third kappa shape index (κ3) is 1.09. The van der Waals surface area contributed by atoms with Crippen molar-refractivity contribution >= 4 is 6.09 Å². The number of carbonyl (C=O) groups is 1. The first kappa shape index (κ1) is 6.25. The Morgan fingerprint density at radius 3 is 2.11 bits per heavy atom. The molecular formula is C4H5F2NO2. The minimum absolute atomic E-state index is 0.650. The fourth-order valence-electron chi connectivity index (χ4n) is 0.647. The summed E-state index contributed by atoms with van der Waals surface area (Å²) in [6.45, 7) is -1.30. The molecule has 9 heavy (non-hydrogen) atoms. The number of alkyl halides is 2. The van der Waals surface area contributed by atoms with Gasteiger partial charge in [0.2, 0.25) is 0 Å². The van der Waals surface area contributed by atoms with Gasteiger partial charge in [-0.1, -0.05) is 0 Å². The molecule has 1 rings (SSSR count). The highest BCUT2D eigenvalue weighted by Gasteiger charge is 2.46. The van der Waals surface area contributed by atoms with Gasteiger partial charge < -0.3 is 5.11 Å². The minimum atomic E-state index is -2.78. The zero-order valence-electron chi connectivity index (χ0n) is 4.47. The van der Waals surface area contributed by atoms with Crippen LogP contribution in [0.4, 0.5) is 13.6 Å². The van der Waals surface area contributed by atoms with Crippen molar-refractivity contribution < 1.29 is 18.7 Å². The van der Waals surface area contributed by atoms with Crippen LogP contribution in [0.5, 0.6) is 0 Å². The molecule has 1 aliphatic rings. The average molecular weight is 137 g/mol. The van der Waals surface area contributed by atoms with Gasteiger partial charge in [0, 0.05) is 0 Å². The van der Waals surface area contributed by atoms with Gasteiger partial charge in [-0.25, -0.2) is 13.6 Å². The molecule has 3 nitrogen and oxygen atoms in total.